The van der Waals surface area contributed by atoms with Crippen molar-refractivity contribution in [3.63, 3.8) is 0 Å². The van der Waals surface area contributed by atoms with Crippen LogP contribution in [-0.4, -0.2) is 18.3 Å². The Morgan fingerprint density at radius 3 is 1.86 bits per heavy atom. The maximum atomic E-state index is 6.35. The second-order valence-corrected chi connectivity index (χ2v) is 8.23. The van der Waals surface area contributed by atoms with Gasteiger partial charge in [0.15, 0.2) is 0 Å². The molecule has 1 aliphatic rings. The highest BCUT2D eigenvalue weighted by Crippen LogP contribution is 2.39. The van der Waals surface area contributed by atoms with Crippen LogP contribution >= 0.6 is 0 Å². The van der Waals surface area contributed by atoms with E-state index >= 15 is 0 Å². The van der Waals surface area contributed by atoms with Crippen molar-refractivity contribution in [1.29, 1.82) is 0 Å². The van der Waals surface area contributed by atoms with Crippen molar-refractivity contribution in [2.75, 3.05) is 0 Å². The minimum Gasteiger partial charge on any atom is -0.399 e. The highest BCUT2D eigenvalue weighted by Gasteiger charge is 2.53. The second kappa shape index (κ2) is 7.23. The van der Waals surface area contributed by atoms with E-state index in [1.165, 1.54) is 22.3 Å². The van der Waals surface area contributed by atoms with Gasteiger partial charge in [0.05, 0.1) is 11.2 Å². The summed E-state index contributed by atoms with van der Waals surface area (Å²) in [6.07, 6.45) is 0.914. The number of rotatable bonds is 4. The summed E-state index contributed by atoms with van der Waals surface area (Å²) in [6.45, 7) is 8.52. The molecule has 1 unspecified atom stereocenters. The van der Waals surface area contributed by atoms with Gasteiger partial charge in [-0.05, 0) is 54.9 Å². The molecule has 1 saturated heterocycles. The lowest BCUT2D eigenvalue weighted by molar-refractivity contribution is -0.0118. The number of hydrogen-bond acceptors (Lipinski definition) is 2. The van der Waals surface area contributed by atoms with E-state index in [1.54, 1.807) is 0 Å². The fraction of sp³-hybridized carbons (Fsp3) is 0.280. The first-order valence-corrected chi connectivity index (χ1v) is 10.0. The van der Waals surface area contributed by atoms with Gasteiger partial charge in [-0.1, -0.05) is 85.8 Å². The minimum absolute atomic E-state index is 0.287. The van der Waals surface area contributed by atoms with Crippen LogP contribution in [0.2, 0.25) is 0 Å². The third-order valence-corrected chi connectivity index (χ3v) is 6.20. The SMILES string of the molecule is CCC1(C)OB(c2cccc(-c3ccc(-c4ccccc4)cc3)c2)OC1(C)C. The first-order valence-electron chi connectivity index (χ1n) is 10.0. The molecule has 2 nitrogen and oxygen atoms in total. The maximum Gasteiger partial charge on any atom is 0.494 e. The van der Waals surface area contributed by atoms with Crippen LogP contribution in [0.15, 0.2) is 78.9 Å². The van der Waals surface area contributed by atoms with Gasteiger partial charge in [-0.3, -0.25) is 0 Å². The third-order valence-electron chi connectivity index (χ3n) is 6.20. The normalized spacial score (nSPS) is 21.1. The Bertz CT molecular complexity index is 950. The van der Waals surface area contributed by atoms with Gasteiger partial charge in [0, 0.05) is 0 Å². The molecule has 1 fully saturated rings. The van der Waals surface area contributed by atoms with Crippen molar-refractivity contribution in [3.8, 4) is 22.3 Å². The molecule has 142 valence electrons. The van der Waals surface area contributed by atoms with E-state index in [9.17, 15) is 0 Å². The molecule has 0 aromatic heterocycles. The molecule has 1 atom stereocenters. The summed E-state index contributed by atoms with van der Waals surface area (Å²) < 4.78 is 12.6. The van der Waals surface area contributed by atoms with Crippen LogP contribution in [0.3, 0.4) is 0 Å². The van der Waals surface area contributed by atoms with E-state index in [-0.39, 0.29) is 18.3 Å². The molecule has 0 spiro atoms. The van der Waals surface area contributed by atoms with Crippen LogP contribution < -0.4 is 5.46 Å². The summed E-state index contributed by atoms with van der Waals surface area (Å²) in [7, 11) is -0.330. The molecule has 0 saturated carbocycles. The predicted octanol–water partition coefficient (Wildman–Crippen LogP) is 5.71. The first kappa shape index (κ1) is 19.0. The largest absolute Gasteiger partial charge is 0.494 e. The third kappa shape index (κ3) is 3.41. The molecule has 3 aromatic rings. The van der Waals surface area contributed by atoms with Gasteiger partial charge in [0.25, 0.3) is 0 Å². The Balaban J connectivity index is 1.60. The summed E-state index contributed by atoms with van der Waals surface area (Å²) in [5, 5.41) is 0. The van der Waals surface area contributed by atoms with E-state index in [1.807, 2.05) is 6.07 Å². The van der Waals surface area contributed by atoms with E-state index in [4.69, 9.17) is 9.31 Å². The number of benzene rings is 3. The van der Waals surface area contributed by atoms with E-state index in [0.717, 1.165) is 11.9 Å². The Kier molecular flexibility index (Phi) is 4.90. The summed E-state index contributed by atoms with van der Waals surface area (Å²) >= 11 is 0. The average Bonchev–Trinajstić information content (AvgIpc) is 2.98. The molecule has 3 aromatic carbocycles. The van der Waals surface area contributed by atoms with Gasteiger partial charge in [-0.15, -0.1) is 0 Å². The maximum absolute atomic E-state index is 6.35. The zero-order valence-corrected chi connectivity index (χ0v) is 17.1. The van der Waals surface area contributed by atoms with Crippen molar-refractivity contribution in [3.05, 3.63) is 78.9 Å². The zero-order chi connectivity index (χ0) is 19.8. The van der Waals surface area contributed by atoms with Crippen LogP contribution in [-0.2, 0) is 9.31 Å². The Morgan fingerprint density at radius 1 is 0.679 bits per heavy atom. The molecular weight excluding hydrogens is 343 g/mol. The Labute approximate surface area is 168 Å². The smallest absolute Gasteiger partial charge is 0.399 e. The summed E-state index contributed by atoms with van der Waals surface area (Å²) in [4.78, 5) is 0. The van der Waals surface area contributed by atoms with Crippen molar-refractivity contribution < 1.29 is 9.31 Å². The van der Waals surface area contributed by atoms with Crippen LogP contribution in [0, 0.1) is 0 Å². The van der Waals surface area contributed by atoms with Gasteiger partial charge in [-0.25, -0.2) is 0 Å². The molecular formula is C25H27BO2. The van der Waals surface area contributed by atoms with Gasteiger partial charge < -0.3 is 9.31 Å². The van der Waals surface area contributed by atoms with Gasteiger partial charge in [0.1, 0.15) is 0 Å². The van der Waals surface area contributed by atoms with E-state index in [0.29, 0.717) is 0 Å². The second-order valence-electron chi connectivity index (χ2n) is 8.23. The Hall–Kier alpha value is -2.36. The lowest BCUT2D eigenvalue weighted by Gasteiger charge is -2.35. The lowest BCUT2D eigenvalue weighted by Crippen LogP contribution is -2.44. The minimum atomic E-state index is -0.330. The van der Waals surface area contributed by atoms with Gasteiger partial charge >= 0.3 is 7.12 Å². The standard InChI is InChI=1S/C25H27BO2/c1-5-25(4)24(2,3)27-26(28-25)23-13-9-12-22(18-23)21-16-14-20(15-17-21)19-10-7-6-8-11-19/h6-18H,5H2,1-4H3. The monoisotopic (exact) mass is 370 g/mol. The first-order chi connectivity index (χ1) is 13.4. The lowest BCUT2D eigenvalue weighted by atomic mass is 9.78. The van der Waals surface area contributed by atoms with Gasteiger partial charge in [-0.2, -0.15) is 0 Å². The molecule has 0 aliphatic carbocycles. The predicted molar refractivity (Wildman–Crippen MR) is 118 cm³/mol. The molecule has 0 N–H and O–H groups in total. The summed E-state index contributed by atoms with van der Waals surface area (Å²) in [5.41, 5.74) is 5.28. The highest BCUT2D eigenvalue weighted by molar-refractivity contribution is 6.62. The molecule has 0 bridgehead atoms. The molecule has 28 heavy (non-hydrogen) atoms. The van der Waals surface area contributed by atoms with Crippen molar-refractivity contribution >= 4 is 12.6 Å². The van der Waals surface area contributed by atoms with E-state index < -0.39 is 0 Å². The van der Waals surface area contributed by atoms with Crippen LogP contribution in [0.5, 0.6) is 0 Å². The van der Waals surface area contributed by atoms with Crippen molar-refractivity contribution in [2.45, 2.75) is 45.3 Å². The molecule has 0 amide bonds. The molecule has 1 heterocycles. The fourth-order valence-electron chi connectivity index (χ4n) is 3.79. The zero-order valence-electron chi connectivity index (χ0n) is 17.1. The molecule has 3 heteroatoms. The van der Waals surface area contributed by atoms with Crippen LogP contribution in [0.1, 0.15) is 34.1 Å². The fourth-order valence-corrected chi connectivity index (χ4v) is 3.79. The van der Waals surface area contributed by atoms with E-state index in [2.05, 4.69) is 100 Å². The van der Waals surface area contributed by atoms with Crippen molar-refractivity contribution in [2.24, 2.45) is 0 Å². The van der Waals surface area contributed by atoms with Gasteiger partial charge in [0.2, 0.25) is 0 Å². The number of hydrogen-bond donors (Lipinski definition) is 0. The van der Waals surface area contributed by atoms with Crippen molar-refractivity contribution in [1.82, 2.24) is 0 Å². The quantitative estimate of drug-likeness (QED) is 0.548. The van der Waals surface area contributed by atoms with Crippen LogP contribution in [0.25, 0.3) is 22.3 Å². The summed E-state index contributed by atoms with van der Waals surface area (Å²) in [6, 6.07) is 27.7. The molecule has 1 aliphatic heterocycles. The Morgan fingerprint density at radius 2 is 1.25 bits per heavy atom. The summed E-state index contributed by atoms with van der Waals surface area (Å²) in [5.74, 6) is 0. The highest BCUT2D eigenvalue weighted by atomic mass is 16.7. The molecule has 4 rings (SSSR count). The van der Waals surface area contributed by atoms with Crippen LogP contribution in [0.4, 0.5) is 0 Å². The average molecular weight is 370 g/mol. The topological polar surface area (TPSA) is 18.5 Å². The molecule has 0 radical (unpaired) electrons.